The summed E-state index contributed by atoms with van der Waals surface area (Å²) in [5.74, 6) is 0.865. The molecule has 0 rings (SSSR count). The highest BCUT2D eigenvalue weighted by Gasteiger charge is 2.11. The molecule has 0 aliphatic rings. The van der Waals surface area contributed by atoms with E-state index in [0.29, 0.717) is 5.92 Å². The van der Waals surface area contributed by atoms with E-state index in [-0.39, 0.29) is 5.25 Å². The summed E-state index contributed by atoms with van der Waals surface area (Å²) in [7, 11) is 0. The van der Waals surface area contributed by atoms with E-state index in [1.807, 2.05) is 0 Å². The number of rotatable bonds is 5. The fourth-order valence-electron chi connectivity index (χ4n) is 0.498. The fraction of sp³-hybridized carbons (Fsp3) is 0.875. The van der Waals surface area contributed by atoms with Crippen LogP contribution in [0.15, 0.2) is 0 Å². The van der Waals surface area contributed by atoms with Gasteiger partial charge in [0.05, 0.1) is 5.25 Å². The monoisotopic (exact) mass is 176 g/mol. The van der Waals surface area contributed by atoms with Gasteiger partial charge in [0, 0.05) is 0 Å². The summed E-state index contributed by atoms with van der Waals surface area (Å²) >= 11 is 1.52. The summed E-state index contributed by atoms with van der Waals surface area (Å²) in [4.78, 5) is 10.4. The van der Waals surface area contributed by atoms with Gasteiger partial charge in [-0.15, -0.1) is 11.8 Å². The number of aliphatic carboxylic acids is 1. The van der Waals surface area contributed by atoms with Crippen LogP contribution >= 0.6 is 11.8 Å². The van der Waals surface area contributed by atoms with Crippen LogP contribution in [0.4, 0.5) is 0 Å². The molecule has 0 saturated carbocycles. The second-order valence-corrected chi connectivity index (χ2v) is 4.20. The predicted octanol–water partition coefficient (Wildman–Crippen LogP) is 2.24. The molecule has 0 bridgehead atoms. The molecule has 0 heterocycles. The molecule has 0 spiro atoms. The number of carboxylic acids is 1. The number of hydrogen-bond acceptors (Lipinski definition) is 2. The minimum Gasteiger partial charge on any atom is -0.480 e. The summed E-state index contributed by atoms with van der Waals surface area (Å²) in [5.41, 5.74) is 0. The molecule has 0 aromatic carbocycles. The minimum absolute atomic E-state index is 0.260. The molecule has 0 aliphatic heterocycles. The fourth-order valence-corrected chi connectivity index (χ4v) is 1.49. The van der Waals surface area contributed by atoms with Crippen molar-refractivity contribution in [3.05, 3.63) is 0 Å². The van der Waals surface area contributed by atoms with Gasteiger partial charge >= 0.3 is 5.97 Å². The van der Waals surface area contributed by atoms with E-state index >= 15 is 0 Å². The van der Waals surface area contributed by atoms with Gasteiger partial charge in [-0.2, -0.15) is 0 Å². The van der Waals surface area contributed by atoms with Crippen molar-refractivity contribution >= 4 is 17.7 Å². The summed E-state index contributed by atoms with van der Waals surface area (Å²) in [6.45, 7) is 5.99. The summed E-state index contributed by atoms with van der Waals surface area (Å²) in [5, 5.41) is 8.29. The van der Waals surface area contributed by atoms with Gasteiger partial charge in [-0.25, -0.2) is 0 Å². The van der Waals surface area contributed by atoms with Crippen molar-refractivity contribution in [2.75, 3.05) is 5.75 Å². The average Bonchev–Trinajstić information content (AvgIpc) is 1.99. The molecular formula is C8H16O2S. The lowest BCUT2D eigenvalue weighted by Crippen LogP contribution is -2.13. The molecule has 3 heteroatoms. The van der Waals surface area contributed by atoms with E-state index < -0.39 is 5.97 Å². The third-order valence-corrected chi connectivity index (χ3v) is 3.14. The Morgan fingerprint density at radius 3 is 2.45 bits per heavy atom. The van der Waals surface area contributed by atoms with Crippen LogP contribution in [0.25, 0.3) is 0 Å². The average molecular weight is 176 g/mol. The van der Waals surface area contributed by atoms with E-state index in [1.54, 1.807) is 6.92 Å². The second-order valence-electron chi connectivity index (χ2n) is 2.83. The maximum atomic E-state index is 10.4. The molecule has 0 aliphatic carbocycles. The van der Waals surface area contributed by atoms with Crippen LogP contribution in [-0.2, 0) is 4.79 Å². The quantitative estimate of drug-likeness (QED) is 0.698. The zero-order valence-electron chi connectivity index (χ0n) is 7.33. The largest absolute Gasteiger partial charge is 0.480 e. The van der Waals surface area contributed by atoms with E-state index in [4.69, 9.17) is 5.11 Å². The van der Waals surface area contributed by atoms with E-state index in [2.05, 4.69) is 13.8 Å². The van der Waals surface area contributed by atoms with Crippen LogP contribution in [0, 0.1) is 5.92 Å². The zero-order chi connectivity index (χ0) is 8.85. The van der Waals surface area contributed by atoms with Crippen molar-refractivity contribution in [2.24, 2.45) is 5.92 Å². The first kappa shape index (κ1) is 10.8. The van der Waals surface area contributed by atoms with Crippen molar-refractivity contribution in [2.45, 2.75) is 32.4 Å². The van der Waals surface area contributed by atoms with Crippen LogP contribution < -0.4 is 0 Å². The van der Waals surface area contributed by atoms with Crippen LogP contribution in [0.2, 0.25) is 0 Å². The van der Waals surface area contributed by atoms with Gasteiger partial charge in [-0.05, 0) is 18.6 Å². The van der Waals surface area contributed by atoms with Crippen molar-refractivity contribution in [1.29, 1.82) is 0 Å². The summed E-state index contributed by atoms with van der Waals surface area (Å²) in [6, 6.07) is 0. The molecule has 11 heavy (non-hydrogen) atoms. The van der Waals surface area contributed by atoms with Gasteiger partial charge in [0.2, 0.25) is 0 Å². The third kappa shape index (κ3) is 5.13. The van der Waals surface area contributed by atoms with Crippen LogP contribution in [0.3, 0.4) is 0 Å². The van der Waals surface area contributed by atoms with Crippen molar-refractivity contribution in [1.82, 2.24) is 0 Å². The zero-order valence-corrected chi connectivity index (χ0v) is 8.15. The Morgan fingerprint density at radius 2 is 2.09 bits per heavy atom. The molecule has 0 radical (unpaired) electrons. The first-order chi connectivity index (χ1) is 5.07. The smallest absolute Gasteiger partial charge is 0.316 e. The molecule has 2 unspecified atom stereocenters. The Balaban J connectivity index is 3.45. The molecule has 1 N–H and O–H groups in total. The number of thioether (sulfide) groups is 1. The normalized spacial score (nSPS) is 15.9. The van der Waals surface area contributed by atoms with Gasteiger partial charge in [0.15, 0.2) is 0 Å². The molecule has 0 aromatic rings. The number of carboxylic acid groups (broad SMARTS) is 1. The Labute approximate surface area is 72.4 Å². The van der Waals surface area contributed by atoms with Crippen LogP contribution in [0.5, 0.6) is 0 Å². The Bertz CT molecular complexity index is 125. The van der Waals surface area contributed by atoms with Crippen molar-refractivity contribution in [3.63, 3.8) is 0 Å². The van der Waals surface area contributed by atoms with E-state index in [1.165, 1.54) is 11.8 Å². The molecule has 2 nitrogen and oxygen atoms in total. The van der Waals surface area contributed by atoms with E-state index in [0.717, 1.165) is 12.2 Å². The van der Waals surface area contributed by atoms with Crippen molar-refractivity contribution in [3.8, 4) is 0 Å². The van der Waals surface area contributed by atoms with Crippen LogP contribution in [-0.4, -0.2) is 22.1 Å². The molecule has 0 aromatic heterocycles. The van der Waals surface area contributed by atoms with Gasteiger partial charge in [-0.3, -0.25) is 4.79 Å². The maximum absolute atomic E-state index is 10.4. The summed E-state index contributed by atoms with van der Waals surface area (Å²) < 4.78 is 0. The minimum atomic E-state index is -0.710. The maximum Gasteiger partial charge on any atom is 0.316 e. The van der Waals surface area contributed by atoms with Gasteiger partial charge in [0.1, 0.15) is 0 Å². The van der Waals surface area contributed by atoms with Gasteiger partial charge in [0.25, 0.3) is 0 Å². The Morgan fingerprint density at radius 1 is 1.55 bits per heavy atom. The Kier molecular flexibility index (Phi) is 5.38. The number of carbonyl (C=O) groups is 1. The molecule has 0 fully saturated rings. The lowest BCUT2D eigenvalue weighted by atomic mass is 10.2. The molecule has 0 saturated heterocycles. The highest BCUT2D eigenvalue weighted by Crippen LogP contribution is 2.16. The predicted molar refractivity (Wildman–Crippen MR) is 49.0 cm³/mol. The van der Waals surface area contributed by atoms with Crippen molar-refractivity contribution < 1.29 is 9.90 Å². The van der Waals surface area contributed by atoms with Gasteiger partial charge in [-0.1, -0.05) is 20.3 Å². The first-order valence-electron chi connectivity index (χ1n) is 3.92. The Hall–Kier alpha value is -0.180. The summed E-state index contributed by atoms with van der Waals surface area (Å²) in [6.07, 6.45) is 1.12. The van der Waals surface area contributed by atoms with Gasteiger partial charge < -0.3 is 5.11 Å². The SMILES string of the molecule is CCC(C)CSC(C)C(=O)O. The number of hydrogen-bond donors (Lipinski definition) is 1. The molecule has 0 amide bonds. The van der Waals surface area contributed by atoms with Crippen LogP contribution in [0.1, 0.15) is 27.2 Å². The lowest BCUT2D eigenvalue weighted by Gasteiger charge is -2.09. The van der Waals surface area contributed by atoms with E-state index in [9.17, 15) is 4.79 Å². The third-order valence-electron chi connectivity index (χ3n) is 1.68. The highest BCUT2D eigenvalue weighted by molar-refractivity contribution is 8.00. The topological polar surface area (TPSA) is 37.3 Å². The first-order valence-corrected chi connectivity index (χ1v) is 4.97. The second kappa shape index (κ2) is 5.47. The standard InChI is InChI=1S/C8H16O2S/c1-4-6(2)5-11-7(3)8(9)10/h6-7H,4-5H2,1-3H3,(H,9,10). The lowest BCUT2D eigenvalue weighted by molar-refractivity contribution is -0.136. The molecule has 66 valence electrons. The molecule has 2 atom stereocenters. The molecular weight excluding hydrogens is 160 g/mol. The highest BCUT2D eigenvalue weighted by atomic mass is 32.2.